The Labute approximate surface area is 125 Å². The van der Waals surface area contributed by atoms with Crippen LogP contribution in [-0.2, 0) is 18.6 Å². The van der Waals surface area contributed by atoms with Crippen molar-refractivity contribution in [1.82, 2.24) is 24.8 Å². The van der Waals surface area contributed by atoms with Crippen LogP contribution in [0.15, 0.2) is 6.20 Å². The van der Waals surface area contributed by atoms with Crippen LogP contribution in [0.2, 0.25) is 0 Å². The molecule has 0 atom stereocenters. The third-order valence-corrected chi connectivity index (χ3v) is 3.40. The van der Waals surface area contributed by atoms with Crippen molar-refractivity contribution >= 4 is 5.82 Å². The molecule has 0 aliphatic rings. The van der Waals surface area contributed by atoms with E-state index in [0.717, 1.165) is 22.8 Å². The average molecular weight is 292 g/mol. The van der Waals surface area contributed by atoms with E-state index in [1.54, 1.807) is 4.68 Å². The summed E-state index contributed by atoms with van der Waals surface area (Å²) in [5, 5.41) is 25.2. The number of aryl methyl sites for hydroxylation is 1. The summed E-state index contributed by atoms with van der Waals surface area (Å²) in [6, 6.07) is 0. The van der Waals surface area contributed by atoms with Gasteiger partial charge in [0.2, 0.25) is 0 Å². The van der Waals surface area contributed by atoms with E-state index in [0.29, 0.717) is 13.1 Å². The third kappa shape index (κ3) is 3.41. The molecule has 0 saturated heterocycles. The Bertz CT molecular complexity index is 607. The van der Waals surface area contributed by atoms with Gasteiger partial charge in [0.05, 0.1) is 37.1 Å². The molecule has 0 aliphatic carbocycles. The maximum atomic E-state index is 9.11. The van der Waals surface area contributed by atoms with E-state index in [4.69, 9.17) is 5.11 Å². The fourth-order valence-electron chi connectivity index (χ4n) is 2.03. The van der Waals surface area contributed by atoms with Gasteiger partial charge in [-0.25, -0.2) is 9.36 Å². The quantitative estimate of drug-likeness (QED) is 0.872. The molecule has 0 spiro atoms. The zero-order valence-electron chi connectivity index (χ0n) is 13.4. The van der Waals surface area contributed by atoms with Crippen LogP contribution >= 0.6 is 0 Å². The fourth-order valence-corrected chi connectivity index (χ4v) is 2.03. The Kier molecular flexibility index (Phi) is 4.32. The molecule has 0 bridgehead atoms. The first-order valence-electron chi connectivity index (χ1n) is 7.13. The Hall–Kier alpha value is -1.89. The van der Waals surface area contributed by atoms with Gasteiger partial charge in [-0.05, 0) is 34.6 Å². The summed E-state index contributed by atoms with van der Waals surface area (Å²) >= 11 is 0. The molecule has 0 aromatic carbocycles. The molecule has 2 aromatic heterocycles. The molecule has 2 aromatic rings. The van der Waals surface area contributed by atoms with Crippen molar-refractivity contribution in [2.75, 3.05) is 11.9 Å². The normalized spacial score (nSPS) is 11.9. The summed E-state index contributed by atoms with van der Waals surface area (Å²) in [5.41, 5.74) is 2.85. The molecule has 2 N–H and O–H groups in total. The van der Waals surface area contributed by atoms with Gasteiger partial charge in [-0.1, -0.05) is 5.21 Å². The summed E-state index contributed by atoms with van der Waals surface area (Å²) in [4.78, 5) is 0. The molecule has 0 saturated carbocycles. The molecular weight excluding hydrogens is 268 g/mol. The molecule has 0 amide bonds. The zero-order chi connectivity index (χ0) is 15.6. The first-order chi connectivity index (χ1) is 9.82. The highest BCUT2D eigenvalue weighted by molar-refractivity contribution is 5.46. The lowest BCUT2D eigenvalue weighted by Gasteiger charge is -2.17. The van der Waals surface area contributed by atoms with Crippen LogP contribution in [0.3, 0.4) is 0 Å². The lowest BCUT2D eigenvalue weighted by molar-refractivity contribution is 0.270. The van der Waals surface area contributed by atoms with E-state index in [1.807, 2.05) is 24.7 Å². The van der Waals surface area contributed by atoms with Crippen LogP contribution in [0.1, 0.15) is 37.7 Å². The highest BCUT2D eigenvalue weighted by Crippen LogP contribution is 2.19. The van der Waals surface area contributed by atoms with Gasteiger partial charge >= 0.3 is 0 Å². The van der Waals surface area contributed by atoms with Gasteiger partial charge in [-0.15, -0.1) is 5.10 Å². The van der Waals surface area contributed by atoms with E-state index in [2.05, 4.69) is 41.5 Å². The second-order valence-electron chi connectivity index (χ2n) is 6.18. The SMILES string of the molecule is Cc1nn(CCO)c(NCc2cn(C(C)(C)C)nn2)c1C. The maximum absolute atomic E-state index is 9.11. The number of anilines is 1. The van der Waals surface area contributed by atoms with Crippen molar-refractivity contribution in [2.24, 2.45) is 0 Å². The molecule has 21 heavy (non-hydrogen) atoms. The maximum Gasteiger partial charge on any atom is 0.127 e. The summed E-state index contributed by atoms with van der Waals surface area (Å²) in [6.07, 6.45) is 1.95. The monoisotopic (exact) mass is 292 g/mol. The highest BCUT2D eigenvalue weighted by atomic mass is 16.3. The van der Waals surface area contributed by atoms with E-state index < -0.39 is 0 Å². The van der Waals surface area contributed by atoms with E-state index >= 15 is 0 Å². The van der Waals surface area contributed by atoms with Crippen molar-refractivity contribution in [1.29, 1.82) is 0 Å². The zero-order valence-corrected chi connectivity index (χ0v) is 13.4. The van der Waals surface area contributed by atoms with E-state index in [-0.39, 0.29) is 12.1 Å². The van der Waals surface area contributed by atoms with E-state index in [1.165, 1.54) is 0 Å². The molecule has 7 heteroatoms. The van der Waals surface area contributed by atoms with Gasteiger partial charge in [-0.3, -0.25) is 0 Å². The fraction of sp³-hybridized carbons (Fsp3) is 0.643. The summed E-state index contributed by atoms with van der Waals surface area (Å²) < 4.78 is 3.64. The van der Waals surface area contributed by atoms with Gasteiger partial charge in [0.15, 0.2) is 0 Å². The van der Waals surface area contributed by atoms with Gasteiger partial charge in [0.1, 0.15) is 11.5 Å². The third-order valence-electron chi connectivity index (χ3n) is 3.40. The first kappa shape index (κ1) is 15.5. The highest BCUT2D eigenvalue weighted by Gasteiger charge is 2.16. The standard InChI is InChI=1S/C14H24N6O/c1-10-11(2)17-19(6-7-21)13(10)15-8-12-9-20(18-16-12)14(3,4)5/h9,15,21H,6-8H2,1-5H3. The molecule has 0 aliphatic heterocycles. The number of aliphatic hydroxyl groups is 1. The Morgan fingerprint density at radius 2 is 2.00 bits per heavy atom. The van der Waals surface area contributed by atoms with Crippen LogP contribution in [-0.4, -0.2) is 36.5 Å². The molecule has 0 radical (unpaired) electrons. The van der Waals surface area contributed by atoms with Crippen LogP contribution in [0, 0.1) is 13.8 Å². The van der Waals surface area contributed by atoms with Gasteiger partial charge in [0, 0.05) is 5.56 Å². The van der Waals surface area contributed by atoms with Crippen molar-refractivity contribution in [2.45, 2.75) is 53.2 Å². The average Bonchev–Trinajstić information content (AvgIpc) is 2.95. The minimum Gasteiger partial charge on any atom is -0.394 e. The van der Waals surface area contributed by atoms with Crippen molar-refractivity contribution in [3.05, 3.63) is 23.1 Å². The number of hydrogen-bond donors (Lipinski definition) is 2. The largest absolute Gasteiger partial charge is 0.394 e. The number of nitrogens with zero attached hydrogens (tertiary/aromatic N) is 5. The minimum atomic E-state index is -0.0730. The molecule has 0 unspecified atom stereocenters. The molecule has 7 nitrogen and oxygen atoms in total. The van der Waals surface area contributed by atoms with Crippen molar-refractivity contribution < 1.29 is 5.11 Å². The number of nitrogens with one attached hydrogen (secondary N) is 1. The van der Waals surface area contributed by atoms with Crippen LogP contribution in [0.4, 0.5) is 5.82 Å². The van der Waals surface area contributed by atoms with Crippen molar-refractivity contribution in [3.8, 4) is 0 Å². The van der Waals surface area contributed by atoms with Crippen LogP contribution in [0.5, 0.6) is 0 Å². The van der Waals surface area contributed by atoms with Crippen molar-refractivity contribution in [3.63, 3.8) is 0 Å². The number of aromatic nitrogens is 5. The number of hydrogen-bond acceptors (Lipinski definition) is 5. The molecule has 116 valence electrons. The predicted molar refractivity (Wildman–Crippen MR) is 81.1 cm³/mol. The smallest absolute Gasteiger partial charge is 0.127 e. The predicted octanol–water partition coefficient (Wildman–Crippen LogP) is 1.45. The Balaban J connectivity index is 2.11. The van der Waals surface area contributed by atoms with Crippen LogP contribution in [0.25, 0.3) is 0 Å². The summed E-state index contributed by atoms with van der Waals surface area (Å²) in [7, 11) is 0. The minimum absolute atomic E-state index is 0.0649. The number of aliphatic hydroxyl groups excluding tert-OH is 1. The van der Waals surface area contributed by atoms with Crippen LogP contribution < -0.4 is 5.32 Å². The molecular formula is C14H24N6O. The Morgan fingerprint density at radius 1 is 1.29 bits per heavy atom. The molecule has 2 rings (SSSR count). The first-order valence-corrected chi connectivity index (χ1v) is 7.13. The summed E-state index contributed by atoms with van der Waals surface area (Å²) in [5.74, 6) is 0.923. The van der Waals surface area contributed by atoms with Gasteiger partial charge in [0.25, 0.3) is 0 Å². The van der Waals surface area contributed by atoms with Gasteiger partial charge < -0.3 is 10.4 Å². The molecule has 2 heterocycles. The number of rotatable bonds is 5. The lowest BCUT2D eigenvalue weighted by atomic mass is 10.1. The summed E-state index contributed by atoms with van der Waals surface area (Å²) in [6.45, 7) is 11.4. The Morgan fingerprint density at radius 3 is 2.57 bits per heavy atom. The second kappa shape index (κ2) is 5.85. The van der Waals surface area contributed by atoms with Gasteiger partial charge in [-0.2, -0.15) is 5.10 Å². The topological polar surface area (TPSA) is 80.8 Å². The van der Waals surface area contributed by atoms with E-state index in [9.17, 15) is 0 Å². The molecule has 0 fully saturated rings. The second-order valence-corrected chi connectivity index (χ2v) is 6.18. The lowest BCUT2D eigenvalue weighted by Crippen LogP contribution is -2.22.